The highest BCUT2D eigenvalue weighted by Crippen LogP contribution is 2.12. The fourth-order valence-corrected chi connectivity index (χ4v) is 3.90. The molecule has 198 valence electrons. The molecule has 0 heterocycles. The highest BCUT2D eigenvalue weighted by Gasteiger charge is 2.09. The van der Waals surface area contributed by atoms with Crippen LogP contribution in [0.5, 0.6) is 0 Å². The van der Waals surface area contributed by atoms with Gasteiger partial charge in [0.2, 0.25) is 0 Å². The van der Waals surface area contributed by atoms with Gasteiger partial charge < -0.3 is 14.9 Å². The first-order chi connectivity index (χ1) is 15.7. The van der Waals surface area contributed by atoms with E-state index in [4.69, 9.17) is 9.47 Å². The van der Waals surface area contributed by atoms with Crippen LogP contribution in [0.3, 0.4) is 0 Å². The van der Waals surface area contributed by atoms with Crippen molar-refractivity contribution in [2.75, 3.05) is 13.2 Å². The molecule has 0 radical (unpaired) electrons. The van der Waals surface area contributed by atoms with Crippen molar-refractivity contribution in [3.8, 4) is 0 Å². The summed E-state index contributed by atoms with van der Waals surface area (Å²) in [6.45, 7) is 5.45. The summed E-state index contributed by atoms with van der Waals surface area (Å²) >= 11 is 0. The van der Waals surface area contributed by atoms with Crippen molar-refractivity contribution in [3.05, 3.63) is 0 Å². The van der Waals surface area contributed by atoms with Gasteiger partial charge in [-0.1, -0.05) is 129 Å². The van der Waals surface area contributed by atoms with Crippen molar-refractivity contribution < 1.29 is 24.5 Å². The van der Waals surface area contributed by atoms with Crippen molar-refractivity contribution in [2.45, 2.75) is 155 Å². The third-order valence-corrected chi connectivity index (χ3v) is 6.06. The number of rotatable bonds is 25. The van der Waals surface area contributed by atoms with Gasteiger partial charge in [0.15, 0.2) is 0 Å². The van der Waals surface area contributed by atoms with Gasteiger partial charge in [-0.3, -0.25) is 9.59 Å². The lowest BCUT2D eigenvalue weighted by molar-refractivity contribution is -0.150. The molecule has 0 saturated heterocycles. The average molecular weight is 473 g/mol. The normalized spacial score (nSPS) is 10.6. The van der Waals surface area contributed by atoms with Gasteiger partial charge in [0.25, 0.3) is 0 Å². The second kappa shape index (κ2) is 28.9. The minimum atomic E-state index is -0.281. The monoisotopic (exact) mass is 472 g/mol. The molecule has 5 nitrogen and oxygen atoms in total. The summed E-state index contributed by atoms with van der Waals surface area (Å²) in [4.78, 5) is 23.5. The molecule has 5 heteroatoms. The summed E-state index contributed by atoms with van der Waals surface area (Å²) < 4.78 is 10.5. The van der Waals surface area contributed by atoms with Crippen LogP contribution in [0.2, 0.25) is 0 Å². The summed E-state index contributed by atoms with van der Waals surface area (Å²) in [5.74, 6) is -0.561. The lowest BCUT2D eigenvalue weighted by Crippen LogP contribution is -2.11. The summed E-state index contributed by atoms with van der Waals surface area (Å²) in [6, 6.07) is 0. The molecule has 0 saturated carbocycles. The minimum absolute atomic E-state index is 0. The number of hydrogen-bond donors (Lipinski definition) is 0. The Balaban J connectivity index is 0. The fourth-order valence-electron chi connectivity index (χ4n) is 3.90. The SMILES string of the molecule is CCCCCCCCCCCCOC(=O)CCC(=O)OCCCCCCCCCCCC.O. The number of carbonyl (C=O) groups is 2. The summed E-state index contributed by atoms with van der Waals surface area (Å²) in [6.07, 6.45) is 25.5. The molecule has 0 aromatic rings. The first kappa shape index (κ1) is 34.1. The van der Waals surface area contributed by atoms with Gasteiger partial charge in [-0.15, -0.1) is 0 Å². The molecule has 0 aromatic carbocycles. The van der Waals surface area contributed by atoms with Gasteiger partial charge >= 0.3 is 11.9 Å². The summed E-state index contributed by atoms with van der Waals surface area (Å²) in [7, 11) is 0. The number of carbonyl (C=O) groups excluding carboxylic acids is 2. The number of ether oxygens (including phenoxy) is 2. The zero-order chi connectivity index (χ0) is 23.5. The van der Waals surface area contributed by atoms with E-state index in [1.807, 2.05) is 0 Å². The molecule has 0 spiro atoms. The van der Waals surface area contributed by atoms with E-state index in [1.165, 1.54) is 103 Å². The molecule has 2 N–H and O–H groups in total. The first-order valence-electron chi connectivity index (χ1n) is 14.0. The summed E-state index contributed by atoms with van der Waals surface area (Å²) in [5.41, 5.74) is 0. The van der Waals surface area contributed by atoms with E-state index in [-0.39, 0.29) is 30.3 Å². The standard InChI is InChI=1S/C28H54O4.H2O/c1-3-5-7-9-11-13-15-17-19-21-25-31-27(29)23-24-28(30)32-26-22-20-18-16-14-12-10-8-6-4-2;/h3-26H2,1-2H3;1H2. The Bertz CT molecular complexity index is 373. The molecule has 0 unspecified atom stereocenters. The molecule has 0 aliphatic heterocycles. The largest absolute Gasteiger partial charge is 0.466 e. The summed E-state index contributed by atoms with van der Waals surface area (Å²) in [5, 5.41) is 0. The van der Waals surface area contributed by atoms with Gasteiger partial charge in [0, 0.05) is 0 Å². The third-order valence-electron chi connectivity index (χ3n) is 6.06. The van der Waals surface area contributed by atoms with E-state index < -0.39 is 0 Å². The fraction of sp³-hybridized carbons (Fsp3) is 0.929. The number of esters is 2. The van der Waals surface area contributed by atoms with Gasteiger partial charge in [-0.05, 0) is 12.8 Å². The zero-order valence-electron chi connectivity index (χ0n) is 22.1. The second-order valence-corrected chi connectivity index (χ2v) is 9.30. The van der Waals surface area contributed by atoms with Crippen molar-refractivity contribution >= 4 is 11.9 Å². The molecule has 0 aliphatic carbocycles. The van der Waals surface area contributed by atoms with Crippen molar-refractivity contribution in [2.24, 2.45) is 0 Å². The molecule has 0 rings (SSSR count). The van der Waals surface area contributed by atoms with Crippen molar-refractivity contribution in [1.29, 1.82) is 0 Å². The molecule has 0 aromatic heterocycles. The molecule has 0 bridgehead atoms. The predicted molar refractivity (Wildman–Crippen MR) is 138 cm³/mol. The number of hydrogen-bond acceptors (Lipinski definition) is 4. The van der Waals surface area contributed by atoms with Crippen LogP contribution in [-0.4, -0.2) is 30.6 Å². The number of unbranched alkanes of at least 4 members (excludes halogenated alkanes) is 18. The topological polar surface area (TPSA) is 84.1 Å². The van der Waals surface area contributed by atoms with E-state index in [9.17, 15) is 9.59 Å². The Morgan fingerprint density at radius 3 is 0.939 bits per heavy atom. The van der Waals surface area contributed by atoms with Crippen LogP contribution in [-0.2, 0) is 19.1 Å². The molecule has 0 fully saturated rings. The Labute approximate surface area is 205 Å². The molecular weight excluding hydrogens is 416 g/mol. The van der Waals surface area contributed by atoms with Gasteiger partial charge in [0.1, 0.15) is 0 Å². The molecule has 0 amide bonds. The maximum atomic E-state index is 11.7. The quantitative estimate of drug-likeness (QED) is 0.0999. The van der Waals surface area contributed by atoms with Gasteiger partial charge in [0.05, 0.1) is 26.1 Å². The van der Waals surface area contributed by atoms with Gasteiger partial charge in [-0.2, -0.15) is 0 Å². The molecule has 0 aliphatic rings. The lowest BCUT2D eigenvalue weighted by atomic mass is 10.1. The Hall–Kier alpha value is -1.10. The Morgan fingerprint density at radius 1 is 0.424 bits per heavy atom. The van der Waals surface area contributed by atoms with Crippen LogP contribution in [0.15, 0.2) is 0 Å². The minimum Gasteiger partial charge on any atom is -0.466 e. The van der Waals surface area contributed by atoms with Crippen LogP contribution in [0, 0.1) is 0 Å². The second-order valence-electron chi connectivity index (χ2n) is 9.30. The van der Waals surface area contributed by atoms with E-state index >= 15 is 0 Å². The van der Waals surface area contributed by atoms with Crippen LogP contribution in [0.1, 0.15) is 155 Å². The maximum Gasteiger partial charge on any atom is 0.306 e. The smallest absolute Gasteiger partial charge is 0.306 e. The highest BCUT2D eigenvalue weighted by atomic mass is 16.5. The lowest BCUT2D eigenvalue weighted by Gasteiger charge is -2.06. The van der Waals surface area contributed by atoms with Crippen LogP contribution >= 0.6 is 0 Å². The average Bonchev–Trinajstić information content (AvgIpc) is 2.79. The Kier molecular flexibility index (Phi) is 29.9. The third kappa shape index (κ3) is 28.9. The van der Waals surface area contributed by atoms with Crippen molar-refractivity contribution in [1.82, 2.24) is 0 Å². The van der Waals surface area contributed by atoms with Crippen LogP contribution in [0.25, 0.3) is 0 Å². The Morgan fingerprint density at radius 2 is 0.667 bits per heavy atom. The van der Waals surface area contributed by atoms with Crippen LogP contribution in [0.4, 0.5) is 0 Å². The first-order valence-corrected chi connectivity index (χ1v) is 14.0. The van der Waals surface area contributed by atoms with Gasteiger partial charge in [-0.25, -0.2) is 0 Å². The predicted octanol–water partition coefficient (Wildman–Crippen LogP) is 7.87. The van der Waals surface area contributed by atoms with Crippen LogP contribution < -0.4 is 0 Å². The molecule has 0 atom stereocenters. The molecular formula is C28H56O5. The van der Waals surface area contributed by atoms with Crippen molar-refractivity contribution in [3.63, 3.8) is 0 Å². The van der Waals surface area contributed by atoms with E-state index in [2.05, 4.69) is 13.8 Å². The van der Waals surface area contributed by atoms with E-state index in [0.29, 0.717) is 13.2 Å². The van der Waals surface area contributed by atoms with E-state index in [1.54, 1.807) is 0 Å². The molecule has 33 heavy (non-hydrogen) atoms. The van der Waals surface area contributed by atoms with E-state index in [0.717, 1.165) is 25.7 Å². The highest BCUT2D eigenvalue weighted by molar-refractivity contribution is 5.77. The maximum absolute atomic E-state index is 11.7. The zero-order valence-corrected chi connectivity index (χ0v) is 22.1.